The van der Waals surface area contributed by atoms with Crippen molar-refractivity contribution in [2.45, 2.75) is 19.8 Å². The molecule has 3 aromatic rings. The molecular weight excluding hydrogens is 316 g/mol. The first-order valence-electron chi connectivity index (χ1n) is 7.92. The summed E-state index contributed by atoms with van der Waals surface area (Å²) in [5, 5.41) is 12.3. The topological polar surface area (TPSA) is 88.0 Å². The van der Waals surface area contributed by atoms with E-state index < -0.39 is 5.97 Å². The first-order chi connectivity index (χ1) is 12.0. The Balaban J connectivity index is 1.99. The third-order valence-corrected chi connectivity index (χ3v) is 3.60. The second-order valence-electron chi connectivity index (χ2n) is 5.90. The van der Waals surface area contributed by atoms with Gasteiger partial charge in [-0.2, -0.15) is 0 Å². The van der Waals surface area contributed by atoms with Crippen LogP contribution in [0.4, 0.5) is 11.5 Å². The number of benzene rings is 1. The highest BCUT2D eigenvalue weighted by Gasteiger charge is 2.11. The zero-order valence-corrected chi connectivity index (χ0v) is 14.0. The molecule has 25 heavy (non-hydrogen) atoms. The maximum Gasteiger partial charge on any atom is 0.335 e. The van der Waals surface area contributed by atoms with Gasteiger partial charge in [0.05, 0.1) is 11.3 Å². The van der Waals surface area contributed by atoms with Crippen LogP contribution in [0.2, 0.25) is 0 Å². The first-order valence-corrected chi connectivity index (χ1v) is 7.92. The molecule has 0 unspecified atom stereocenters. The molecule has 0 spiro atoms. The lowest BCUT2D eigenvalue weighted by atomic mass is 10.1. The van der Waals surface area contributed by atoms with Gasteiger partial charge in [-0.1, -0.05) is 19.9 Å². The monoisotopic (exact) mass is 334 g/mol. The molecule has 0 aliphatic rings. The molecule has 0 aliphatic heterocycles. The third kappa shape index (κ3) is 3.98. The van der Waals surface area contributed by atoms with Gasteiger partial charge in [-0.05, 0) is 30.3 Å². The van der Waals surface area contributed by atoms with Gasteiger partial charge in [-0.15, -0.1) is 0 Å². The normalized spacial score (nSPS) is 10.7. The summed E-state index contributed by atoms with van der Waals surface area (Å²) in [6.07, 6.45) is 3.46. The Morgan fingerprint density at radius 3 is 2.64 bits per heavy atom. The molecule has 2 heterocycles. The van der Waals surface area contributed by atoms with Crippen LogP contribution in [-0.2, 0) is 0 Å². The van der Waals surface area contributed by atoms with Gasteiger partial charge in [0, 0.05) is 35.6 Å². The van der Waals surface area contributed by atoms with E-state index in [1.807, 2.05) is 32.0 Å². The van der Waals surface area contributed by atoms with E-state index in [2.05, 4.69) is 20.3 Å². The first kappa shape index (κ1) is 16.6. The number of hydrogen-bond acceptors (Lipinski definition) is 5. The Bertz CT molecular complexity index is 895. The van der Waals surface area contributed by atoms with E-state index in [1.54, 1.807) is 36.7 Å². The number of carboxylic acid groups (broad SMARTS) is 1. The molecule has 3 rings (SSSR count). The maximum atomic E-state index is 11.1. The molecule has 0 saturated heterocycles. The molecular formula is C19H18N4O2. The van der Waals surface area contributed by atoms with Crippen LogP contribution in [0.1, 0.15) is 35.9 Å². The molecule has 0 radical (unpaired) electrons. The number of nitrogens with zero attached hydrogens (tertiary/aromatic N) is 3. The smallest absolute Gasteiger partial charge is 0.335 e. The molecule has 6 heteroatoms. The zero-order valence-electron chi connectivity index (χ0n) is 14.0. The van der Waals surface area contributed by atoms with E-state index in [1.165, 1.54) is 0 Å². The number of aromatic carboxylic acids is 1. The summed E-state index contributed by atoms with van der Waals surface area (Å²) in [7, 11) is 0. The average molecular weight is 334 g/mol. The van der Waals surface area contributed by atoms with E-state index in [0.717, 1.165) is 11.3 Å². The van der Waals surface area contributed by atoms with Crippen LogP contribution in [-0.4, -0.2) is 26.0 Å². The summed E-state index contributed by atoms with van der Waals surface area (Å²) in [4.78, 5) is 24.4. The van der Waals surface area contributed by atoms with Crippen LogP contribution >= 0.6 is 0 Å². The van der Waals surface area contributed by atoms with Crippen LogP contribution in [0.5, 0.6) is 0 Å². The molecule has 0 fully saturated rings. The van der Waals surface area contributed by atoms with Crippen LogP contribution in [0, 0.1) is 0 Å². The standard InChI is InChI=1S/C19H18N4O2/c1-12(2)18-22-16(14-6-4-8-20-11-14)10-17(23-18)21-15-7-3-5-13(9-15)19(24)25/h3-12H,1-2H3,(H,24,25)(H,21,22,23). The van der Waals surface area contributed by atoms with Crippen molar-refractivity contribution in [3.05, 3.63) is 66.2 Å². The second-order valence-corrected chi connectivity index (χ2v) is 5.90. The molecule has 126 valence electrons. The van der Waals surface area contributed by atoms with Gasteiger partial charge >= 0.3 is 5.97 Å². The van der Waals surface area contributed by atoms with Crippen molar-refractivity contribution in [3.8, 4) is 11.3 Å². The SMILES string of the molecule is CC(C)c1nc(Nc2cccc(C(=O)O)c2)cc(-c2cccnc2)n1. The molecule has 0 amide bonds. The molecule has 0 saturated carbocycles. The Kier molecular flexibility index (Phi) is 4.70. The van der Waals surface area contributed by atoms with E-state index in [9.17, 15) is 4.79 Å². The average Bonchev–Trinajstić information content (AvgIpc) is 2.62. The van der Waals surface area contributed by atoms with Crippen LogP contribution in [0.15, 0.2) is 54.9 Å². The number of hydrogen-bond donors (Lipinski definition) is 2. The number of anilines is 2. The minimum Gasteiger partial charge on any atom is -0.478 e. The highest BCUT2D eigenvalue weighted by molar-refractivity contribution is 5.89. The lowest BCUT2D eigenvalue weighted by molar-refractivity contribution is 0.0697. The highest BCUT2D eigenvalue weighted by atomic mass is 16.4. The van der Waals surface area contributed by atoms with Gasteiger partial charge in [-0.3, -0.25) is 4.98 Å². The predicted molar refractivity (Wildman–Crippen MR) is 96.0 cm³/mol. The summed E-state index contributed by atoms with van der Waals surface area (Å²) in [5.41, 5.74) is 2.54. The minimum absolute atomic E-state index is 0.155. The number of nitrogens with one attached hydrogen (secondary N) is 1. The van der Waals surface area contributed by atoms with E-state index in [-0.39, 0.29) is 11.5 Å². The number of carbonyl (C=O) groups is 1. The fourth-order valence-corrected chi connectivity index (χ4v) is 2.33. The summed E-state index contributed by atoms with van der Waals surface area (Å²) in [6, 6.07) is 12.2. The van der Waals surface area contributed by atoms with E-state index in [0.29, 0.717) is 17.3 Å². The van der Waals surface area contributed by atoms with Crippen molar-refractivity contribution in [3.63, 3.8) is 0 Å². The Morgan fingerprint density at radius 2 is 1.96 bits per heavy atom. The maximum absolute atomic E-state index is 11.1. The summed E-state index contributed by atoms with van der Waals surface area (Å²) < 4.78 is 0. The van der Waals surface area contributed by atoms with Gasteiger partial charge in [0.2, 0.25) is 0 Å². The van der Waals surface area contributed by atoms with Crippen LogP contribution in [0.3, 0.4) is 0 Å². The van der Waals surface area contributed by atoms with Crippen molar-refractivity contribution in [1.82, 2.24) is 15.0 Å². The lowest BCUT2D eigenvalue weighted by Gasteiger charge is -2.12. The van der Waals surface area contributed by atoms with Gasteiger partial charge in [0.1, 0.15) is 11.6 Å². The fraction of sp³-hybridized carbons (Fsp3) is 0.158. The quantitative estimate of drug-likeness (QED) is 0.730. The highest BCUT2D eigenvalue weighted by Crippen LogP contribution is 2.24. The summed E-state index contributed by atoms with van der Waals surface area (Å²) in [6.45, 7) is 4.05. The minimum atomic E-state index is -0.967. The molecule has 2 N–H and O–H groups in total. The lowest BCUT2D eigenvalue weighted by Crippen LogP contribution is -2.04. The number of carboxylic acids is 1. The Hall–Kier alpha value is -3.28. The van der Waals surface area contributed by atoms with E-state index in [4.69, 9.17) is 5.11 Å². The third-order valence-electron chi connectivity index (χ3n) is 3.60. The molecule has 1 aromatic carbocycles. The van der Waals surface area contributed by atoms with Crippen molar-refractivity contribution in [2.75, 3.05) is 5.32 Å². The number of rotatable bonds is 5. The largest absolute Gasteiger partial charge is 0.478 e. The summed E-state index contributed by atoms with van der Waals surface area (Å²) in [5.74, 6) is 0.506. The van der Waals surface area contributed by atoms with Crippen molar-refractivity contribution < 1.29 is 9.90 Å². The molecule has 0 bridgehead atoms. The summed E-state index contributed by atoms with van der Waals surface area (Å²) >= 11 is 0. The van der Waals surface area contributed by atoms with Gasteiger partial charge in [0.15, 0.2) is 0 Å². The van der Waals surface area contributed by atoms with Gasteiger partial charge in [-0.25, -0.2) is 14.8 Å². The predicted octanol–water partition coefficient (Wildman–Crippen LogP) is 4.10. The second kappa shape index (κ2) is 7.09. The van der Waals surface area contributed by atoms with Gasteiger partial charge in [0.25, 0.3) is 0 Å². The van der Waals surface area contributed by atoms with E-state index >= 15 is 0 Å². The fourth-order valence-electron chi connectivity index (χ4n) is 2.33. The molecule has 0 aliphatic carbocycles. The van der Waals surface area contributed by atoms with Crippen molar-refractivity contribution >= 4 is 17.5 Å². The molecule has 6 nitrogen and oxygen atoms in total. The van der Waals surface area contributed by atoms with Crippen molar-refractivity contribution in [2.24, 2.45) is 0 Å². The number of pyridine rings is 1. The molecule has 0 atom stereocenters. The molecule has 2 aromatic heterocycles. The van der Waals surface area contributed by atoms with Crippen LogP contribution < -0.4 is 5.32 Å². The van der Waals surface area contributed by atoms with Gasteiger partial charge < -0.3 is 10.4 Å². The zero-order chi connectivity index (χ0) is 17.8. The van der Waals surface area contributed by atoms with Crippen LogP contribution in [0.25, 0.3) is 11.3 Å². The van der Waals surface area contributed by atoms with Crippen molar-refractivity contribution in [1.29, 1.82) is 0 Å². The Morgan fingerprint density at radius 1 is 1.12 bits per heavy atom. The Labute approximate surface area is 145 Å². The number of aromatic nitrogens is 3.